The van der Waals surface area contributed by atoms with Crippen LogP contribution in [-0.2, 0) is 14.3 Å². The highest BCUT2D eigenvalue weighted by Gasteiger charge is 2.34. The van der Waals surface area contributed by atoms with E-state index in [9.17, 15) is 9.59 Å². The molecule has 0 aromatic rings. The highest BCUT2D eigenvalue weighted by atomic mass is 16.5. The zero-order valence-electron chi connectivity index (χ0n) is 9.66. The molecule has 1 heterocycles. The van der Waals surface area contributed by atoms with Gasteiger partial charge in [-0.1, -0.05) is 0 Å². The van der Waals surface area contributed by atoms with E-state index in [1.165, 1.54) is 0 Å². The highest BCUT2D eigenvalue weighted by molar-refractivity contribution is 5.94. The van der Waals surface area contributed by atoms with E-state index in [0.717, 1.165) is 0 Å². The molecule has 1 N–H and O–H groups in total. The fourth-order valence-electron chi connectivity index (χ4n) is 1.47. The molecule has 0 aromatic heterocycles. The second-order valence-electron chi connectivity index (χ2n) is 4.38. The normalized spacial score (nSPS) is 22.9. The highest BCUT2D eigenvalue weighted by Crippen LogP contribution is 2.14. The Morgan fingerprint density at radius 1 is 1.53 bits per heavy atom. The summed E-state index contributed by atoms with van der Waals surface area (Å²) in [6.07, 6.45) is 0. The molecule has 0 aromatic carbocycles. The first kappa shape index (κ1) is 12.0. The number of ether oxygens (including phenoxy) is 1. The molecule has 0 saturated carbocycles. The van der Waals surface area contributed by atoms with Gasteiger partial charge < -0.3 is 15.0 Å². The van der Waals surface area contributed by atoms with Crippen molar-refractivity contribution in [2.75, 3.05) is 20.2 Å². The van der Waals surface area contributed by atoms with Gasteiger partial charge in [-0.3, -0.25) is 9.59 Å². The third-order valence-electron chi connectivity index (χ3n) is 2.68. The molecular weight excluding hydrogens is 196 g/mol. The molecule has 0 bridgehead atoms. The first-order chi connectivity index (χ1) is 6.87. The van der Waals surface area contributed by atoms with Gasteiger partial charge in [-0.05, 0) is 20.8 Å². The summed E-state index contributed by atoms with van der Waals surface area (Å²) in [5.74, 6) is -0.172. The third-order valence-corrected chi connectivity index (χ3v) is 2.68. The van der Waals surface area contributed by atoms with Gasteiger partial charge in [0, 0.05) is 13.7 Å². The van der Waals surface area contributed by atoms with Crippen LogP contribution < -0.4 is 5.32 Å². The summed E-state index contributed by atoms with van der Waals surface area (Å²) in [5.41, 5.74) is -0.429. The van der Waals surface area contributed by atoms with E-state index in [-0.39, 0.29) is 18.4 Å². The molecule has 15 heavy (non-hydrogen) atoms. The third kappa shape index (κ3) is 2.68. The van der Waals surface area contributed by atoms with Crippen molar-refractivity contribution in [3.8, 4) is 0 Å². The van der Waals surface area contributed by atoms with E-state index >= 15 is 0 Å². The van der Waals surface area contributed by atoms with Gasteiger partial charge in [-0.25, -0.2) is 0 Å². The van der Waals surface area contributed by atoms with Gasteiger partial charge >= 0.3 is 0 Å². The van der Waals surface area contributed by atoms with Crippen molar-refractivity contribution in [2.24, 2.45) is 0 Å². The topological polar surface area (TPSA) is 58.6 Å². The molecule has 5 nitrogen and oxygen atoms in total. The van der Waals surface area contributed by atoms with Crippen molar-refractivity contribution < 1.29 is 14.3 Å². The molecule has 1 atom stereocenters. The maximum Gasteiger partial charge on any atom is 0.242 e. The molecule has 1 rings (SSSR count). The lowest BCUT2D eigenvalue weighted by Crippen LogP contribution is -2.60. The Labute approximate surface area is 89.8 Å². The van der Waals surface area contributed by atoms with Crippen LogP contribution >= 0.6 is 0 Å². The number of nitrogens with one attached hydrogen (secondary N) is 1. The van der Waals surface area contributed by atoms with Crippen molar-refractivity contribution in [3.63, 3.8) is 0 Å². The molecular formula is C10H18N2O3. The second kappa shape index (κ2) is 4.18. The van der Waals surface area contributed by atoms with Crippen molar-refractivity contribution in [2.45, 2.75) is 32.4 Å². The van der Waals surface area contributed by atoms with Gasteiger partial charge in [0.1, 0.15) is 6.04 Å². The molecule has 5 heteroatoms. The Kier molecular flexibility index (Phi) is 3.34. The summed E-state index contributed by atoms with van der Waals surface area (Å²) < 4.78 is 5.25. The summed E-state index contributed by atoms with van der Waals surface area (Å²) in [5, 5.41) is 2.54. The number of methoxy groups -OCH3 is 1. The molecule has 1 aliphatic heterocycles. The lowest BCUT2D eigenvalue weighted by Gasteiger charge is -2.37. The zero-order valence-corrected chi connectivity index (χ0v) is 9.66. The van der Waals surface area contributed by atoms with E-state index in [0.29, 0.717) is 6.54 Å². The van der Waals surface area contributed by atoms with Crippen LogP contribution in [0.2, 0.25) is 0 Å². The van der Waals surface area contributed by atoms with Crippen molar-refractivity contribution in [1.82, 2.24) is 10.2 Å². The van der Waals surface area contributed by atoms with Crippen LogP contribution in [0.1, 0.15) is 20.8 Å². The van der Waals surface area contributed by atoms with E-state index in [1.807, 2.05) is 13.8 Å². The number of piperazine rings is 1. The van der Waals surface area contributed by atoms with Crippen LogP contribution in [-0.4, -0.2) is 48.6 Å². The minimum atomic E-state index is -0.429. The van der Waals surface area contributed by atoms with Crippen molar-refractivity contribution in [1.29, 1.82) is 0 Å². The van der Waals surface area contributed by atoms with Gasteiger partial charge in [-0.15, -0.1) is 0 Å². The predicted octanol–water partition coefficient (Wildman–Crippen LogP) is -0.242. The van der Waals surface area contributed by atoms with Crippen molar-refractivity contribution >= 4 is 11.8 Å². The Bertz CT molecular complexity index is 276. The fraction of sp³-hybridized carbons (Fsp3) is 0.800. The zero-order chi connectivity index (χ0) is 11.6. The van der Waals surface area contributed by atoms with Gasteiger partial charge in [0.2, 0.25) is 11.8 Å². The van der Waals surface area contributed by atoms with Crippen LogP contribution in [0, 0.1) is 0 Å². The first-order valence-electron chi connectivity index (χ1n) is 5.00. The number of rotatable bonds is 3. The van der Waals surface area contributed by atoms with Gasteiger partial charge in [0.05, 0.1) is 12.1 Å². The number of nitrogens with zero attached hydrogens (tertiary/aromatic N) is 1. The summed E-state index contributed by atoms with van der Waals surface area (Å²) in [7, 11) is 1.60. The van der Waals surface area contributed by atoms with Crippen LogP contribution in [0.3, 0.4) is 0 Å². The minimum Gasteiger partial charge on any atom is -0.377 e. The Morgan fingerprint density at radius 2 is 2.13 bits per heavy atom. The minimum absolute atomic E-state index is 0.0628. The summed E-state index contributed by atoms with van der Waals surface area (Å²) >= 11 is 0. The van der Waals surface area contributed by atoms with E-state index in [2.05, 4.69) is 5.32 Å². The van der Waals surface area contributed by atoms with E-state index < -0.39 is 11.6 Å². The SMILES string of the molecule is COC(C)(C)CN1C(=O)CNC(=O)C1C. The fourth-order valence-corrected chi connectivity index (χ4v) is 1.47. The molecule has 1 saturated heterocycles. The molecule has 0 aliphatic carbocycles. The smallest absolute Gasteiger partial charge is 0.242 e. The van der Waals surface area contributed by atoms with Gasteiger partial charge in [0.15, 0.2) is 0 Å². The van der Waals surface area contributed by atoms with Gasteiger partial charge in [0.25, 0.3) is 0 Å². The molecule has 86 valence electrons. The molecule has 1 unspecified atom stereocenters. The number of hydrogen-bond acceptors (Lipinski definition) is 3. The summed E-state index contributed by atoms with van der Waals surface area (Å²) in [6.45, 7) is 6.01. The number of carbonyl (C=O) groups is 2. The van der Waals surface area contributed by atoms with Crippen LogP contribution in [0.4, 0.5) is 0 Å². The number of amides is 2. The second-order valence-corrected chi connectivity index (χ2v) is 4.38. The molecule has 0 radical (unpaired) electrons. The molecule has 2 amide bonds. The monoisotopic (exact) mass is 214 g/mol. The lowest BCUT2D eigenvalue weighted by atomic mass is 10.1. The maximum absolute atomic E-state index is 11.6. The van der Waals surface area contributed by atoms with Crippen LogP contribution in [0.15, 0.2) is 0 Å². The van der Waals surface area contributed by atoms with Crippen molar-refractivity contribution in [3.05, 3.63) is 0 Å². The average Bonchev–Trinajstić information content (AvgIpc) is 2.19. The lowest BCUT2D eigenvalue weighted by molar-refractivity contribution is -0.148. The summed E-state index contributed by atoms with van der Waals surface area (Å²) in [6, 6.07) is -0.416. The summed E-state index contributed by atoms with van der Waals surface area (Å²) in [4.78, 5) is 24.5. The average molecular weight is 214 g/mol. The molecule has 0 spiro atoms. The Morgan fingerprint density at radius 3 is 2.67 bits per heavy atom. The largest absolute Gasteiger partial charge is 0.377 e. The quantitative estimate of drug-likeness (QED) is 0.705. The first-order valence-corrected chi connectivity index (χ1v) is 5.00. The van der Waals surface area contributed by atoms with Crippen LogP contribution in [0.25, 0.3) is 0 Å². The Hall–Kier alpha value is -1.10. The molecule has 1 aliphatic rings. The number of carbonyl (C=O) groups excluding carboxylic acids is 2. The standard InChI is InChI=1S/C10H18N2O3/c1-7-9(14)11-5-8(13)12(7)6-10(2,3)15-4/h7H,5-6H2,1-4H3,(H,11,14). The predicted molar refractivity (Wildman–Crippen MR) is 55.3 cm³/mol. The Balaban J connectivity index is 2.73. The van der Waals surface area contributed by atoms with Crippen LogP contribution in [0.5, 0.6) is 0 Å². The van der Waals surface area contributed by atoms with E-state index in [1.54, 1.807) is 18.9 Å². The van der Waals surface area contributed by atoms with E-state index in [4.69, 9.17) is 4.74 Å². The molecule has 1 fully saturated rings. The maximum atomic E-state index is 11.6. The van der Waals surface area contributed by atoms with Gasteiger partial charge in [-0.2, -0.15) is 0 Å². The number of hydrogen-bond donors (Lipinski definition) is 1.